The normalized spacial score (nSPS) is 12.0. The van der Waals surface area contributed by atoms with Crippen LogP contribution in [0.4, 0.5) is 11.4 Å². The Kier molecular flexibility index (Phi) is 6.24. The maximum atomic E-state index is 12.7. The Labute approximate surface area is 170 Å². The maximum absolute atomic E-state index is 12.7. The van der Waals surface area contributed by atoms with E-state index < -0.39 is 6.04 Å². The number of pyridine rings is 1. The molecule has 0 aliphatic heterocycles. The fourth-order valence-corrected chi connectivity index (χ4v) is 3.09. The van der Waals surface area contributed by atoms with E-state index in [0.717, 1.165) is 27.7 Å². The average molecular weight is 390 g/mol. The second kappa shape index (κ2) is 8.84. The van der Waals surface area contributed by atoms with E-state index in [1.807, 2.05) is 62.4 Å². The molecule has 0 unspecified atom stereocenters. The Morgan fingerprint density at radius 3 is 2.52 bits per heavy atom. The largest absolute Gasteiger partial charge is 0.325 e. The summed E-state index contributed by atoms with van der Waals surface area (Å²) in [4.78, 5) is 31.2. The van der Waals surface area contributed by atoms with Crippen LogP contribution in [0.1, 0.15) is 18.1 Å². The first-order chi connectivity index (χ1) is 13.9. The zero-order valence-electron chi connectivity index (χ0n) is 17.2. The van der Waals surface area contributed by atoms with E-state index >= 15 is 0 Å². The van der Waals surface area contributed by atoms with Crippen molar-refractivity contribution in [2.45, 2.75) is 26.8 Å². The molecule has 1 atom stereocenters. The van der Waals surface area contributed by atoms with Gasteiger partial charge in [0.25, 0.3) is 0 Å². The molecule has 0 spiro atoms. The lowest BCUT2D eigenvalue weighted by Gasteiger charge is -2.24. The summed E-state index contributed by atoms with van der Waals surface area (Å²) in [7, 11) is 1.76. The zero-order chi connectivity index (χ0) is 21.0. The molecular weight excluding hydrogens is 364 g/mol. The summed E-state index contributed by atoms with van der Waals surface area (Å²) >= 11 is 0. The maximum Gasteiger partial charge on any atom is 0.241 e. The number of hydrogen-bond donors (Lipinski definition) is 2. The number of carbonyl (C=O) groups excluding carboxylic acids is 2. The molecule has 29 heavy (non-hydrogen) atoms. The predicted molar refractivity (Wildman–Crippen MR) is 117 cm³/mol. The third-order valence-electron chi connectivity index (χ3n) is 5.22. The number of aromatic nitrogens is 1. The van der Waals surface area contributed by atoms with E-state index in [2.05, 4.69) is 15.6 Å². The van der Waals surface area contributed by atoms with Crippen molar-refractivity contribution in [1.82, 2.24) is 9.88 Å². The summed E-state index contributed by atoms with van der Waals surface area (Å²) in [5.41, 5.74) is 4.48. The van der Waals surface area contributed by atoms with Gasteiger partial charge in [0.1, 0.15) is 0 Å². The number of rotatable bonds is 6. The van der Waals surface area contributed by atoms with Gasteiger partial charge in [-0.3, -0.25) is 19.5 Å². The Hall–Kier alpha value is -3.25. The molecule has 2 amide bonds. The van der Waals surface area contributed by atoms with Gasteiger partial charge in [0.2, 0.25) is 11.8 Å². The van der Waals surface area contributed by atoms with E-state index in [4.69, 9.17) is 0 Å². The van der Waals surface area contributed by atoms with Gasteiger partial charge in [0, 0.05) is 17.3 Å². The highest BCUT2D eigenvalue weighted by molar-refractivity contribution is 6.03. The van der Waals surface area contributed by atoms with E-state index in [1.54, 1.807) is 25.1 Å². The van der Waals surface area contributed by atoms with E-state index in [9.17, 15) is 9.59 Å². The second-order valence-electron chi connectivity index (χ2n) is 7.25. The van der Waals surface area contributed by atoms with Crippen LogP contribution in [0.25, 0.3) is 10.9 Å². The minimum absolute atomic E-state index is 0.110. The minimum Gasteiger partial charge on any atom is -0.325 e. The topological polar surface area (TPSA) is 74.3 Å². The predicted octanol–water partition coefficient (Wildman–Crippen LogP) is 3.75. The highest BCUT2D eigenvalue weighted by atomic mass is 16.2. The molecule has 0 saturated carbocycles. The van der Waals surface area contributed by atoms with Crippen molar-refractivity contribution in [2.75, 3.05) is 24.2 Å². The van der Waals surface area contributed by atoms with Crippen LogP contribution >= 0.6 is 0 Å². The number of aryl methyl sites for hydroxylation is 1. The monoisotopic (exact) mass is 390 g/mol. The van der Waals surface area contributed by atoms with Crippen LogP contribution < -0.4 is 10.6 Å². The van der Waals surface area contributed by atoms with Crippen LogP contribution in [0.5, 0.6) is 0 Å². The molecule has 6 heteroatoms. The molecule has 1 aromatic heterocycles. The highest BCUT2D eigenvalue weighted by Crippen LogP contribution is 2.22. The number of carbonyl (C=O) groups is 2. The molecular formula is C23H26N4O2. The minimum atomic E-state index is -0.480. The Balaban J connectivity index is 1.63. The van der Waals surface area contributed by atoms with Crippen molar-refractivity contribution in [3.63, 3.8) is 0 Å². The van der Waals surface area contributed by atoms with Gasteiger partial charge in [-0.05, 0) is 69.3 Å². The molecule has 0 aliphatic carbocycles. The molecule has 6 nitrogen and oxygen atoms in total. The lowest BCUT2D eigenvalue weighted by molar-refractivity contribution is -0.122. The quantitative estimate of drug-likeness (QED) is 0.672. The van der Waals surface area contributed by atoms with Crippen molar-refractivity contribution in [3.8, 4) is 0 Å². The fourth-order valence-electron chi connectivity index (χ4n) is 3.09. The van der Waals surface area contributed by atoms with Gasteiger partial charge in [0.15, 0.2) is 0 Å². The summed E-state index contributed by atoms with van der Waals surface area (Å²) in [6.45, 7) is 5.87. The lowest BCUT2D eigenvalue weighted by atomic mass is 10.1. The molecule has 150 valence electrons. The van der Waals surface area contributed by atoms with Crippen molar-refractivity contribution in [3.05, 3.63) is 65.9 Å². The number of hydrogen-bond acceptors (Lipinski definition) is 4. The number of fused-ring (bicyclic) bond motifs is 1. The van der Waals surface area contributed by atoms with Crippen molar-refractivity contribution < 1.29 is 9.59 Å². The van der Waals surface area contributed by atoms with E-state index in [-0.39, 0.29) is 18.4 Å². The first kappa shape index (κ1) is 20.5. The smallest absolute Gasteiger partial charge is 0.241 e. The number of anilines is 2. The van der Waals surface area contributed by atoms with Gasteiger partial charge in [-0.2, -0.15) is 0 Å². The summed E-state index contributed by atoms with van der Waals surface area (Å²) in [6.07, 6.45) is 1.72. The molecule has 1 heterocycles. The van der Waals surface area contributed by atoms with Gasteiger partial charge in [-0.15, -0.1) is 0 Å². The molecule has 0 bridgehead atoms. The van der Waals surface area contributed by atoms with Crippen LogP contribution in [0.3, 0.4) is 0 Å². The first-order valence-corrected chi connectivity index (χ1v) is 9.57. The molecule has 0 saturated heterocycles. The molecule has 2 aromatic carbocycles. The van der Waals surface area contributed by atoms with Crippen LogP contribution in [-0.4, -0.2) is 41.3 Å². The van der Waals surface area contributed by atoms with Crippen LogP contribution in [0.2, 0.25) is 0 Å². The van der Waals surface area contributed by atoms with E-state index in [0.29, 0.717) is 5.69 Å². The molecule has 0 fully saturated rings. The summed E-state index contributed by atoms with van der Waals surface area (Å²) in [5, 5.41) is 6.76. The van der Waals surface area contributed by atoms with Crippen LogP contribution in [0, 0.1) is 13.8 Å². The Bertz CT molecular complexity index is 1040. The van der Waals surface area contributed by atoms with Gasteiger partial charge < -0.3 is 10.6 Å². The number of nitrogens with one attached hydrogen (secondary N) is 2. The van der Waals surface area contributed by atoms with Crippen LogP contribution in [-0.2, 0) is 9.59 Å². The third-order valence-corrected chi connectivity index (χ3v) is 5.22. The number of benzene rings is 2. The lowest BCUT2D eigenvalue weighted by Crippen LogP contribution is -2.43. The molecule has 0 radical (unpaired) electrons. The summed E-state index contributed by atoms with van der Waals surface area (Å²) in [5.74, 6) is -0.335. The van der Waals surface area contributed by atoms with Gasteiger partial charge >= 0.3 is 0 Å². The molecule has 3 rings (SSSR count). The molecule has 0 aliphatic rings. The van der Waals surface area contributed by atoms with Crippen molar-refractivity contribution >= 4 is 34.1 Å². The number of likely N-dealkylation sites (N-methyl/N-ethyl adjacent to an activating group) is 1. The molecule has 2 N–H and O–H groups in total. The van der Waals surface area contributed by atoms with Crippen LogP contribution in [0.15, 0.2) is 54.7 Å². The first-order valence-electron chi connectivity index (χ1n) is 9.57. The Morgan fingerprint density at radius 1 is 1.00 bits per heavy atom. The highest BCUT2D eigenvalue weighted by Gasteiger charge is 2.21. The van der Waals surface area contributed by atoms with E-state index in [1.165, 1.54) is 0 Å². The zero-order valence-corrected chi connectivity index (χ0v) is 17.2. The van der Waals surface area contributed by atoms with Gasteiger partial charge in [-0.1, -0.05) is 18.2 Å². The molecule has 3 aromatic rings. The Morgan fingerprint density at radius 2 is 1.72 bits per heavy atom. The van der Waals surface area contributed by atoms with Crippen molar-refractivity contribution in [2.24, 2.45) is 0 Å². The second-order valence-corrected chi connectivity index (χ2v) is 7.25. The standard InChI is InChI=1S/C23H26N4O2/c1-15-8-5-10-19(16(15)2)25-22(28)14-27(4)17(3)23(29)26-21-12-6-11-20-18(21)9-7-13-24-20/h5-13,17H,14H2,1-4H3,(H,25,28)(H,26,29)/t17-/m0/s1. The fraction of sp³-hybridized carbons (Fsp3) is 0.261. The van der Waals surface area contributed by atoms with Gasteiger partial charge in [-0.25, -0.2) is 0 Å². The third kappa shape index (κ3) is 4.78. The average Bonchev–Trinajstić information content (AvgIpc) is 2.71. The SMILES string of the molecule is Cc1cccc(NC(=O)CN(C)[C@@H](C)C(=O)Nc2cccc3ncccc23)c1C. The number of nitrogens with zero attached hydrogens (tertiary/aromatic N) is 2. The number of amides is 2. The van der Waals surface area contributed by atoms with Gasteiger partial charge in [0.05, 0.1) is 23.8 Å². The van der Waals surface area contributed by atoms with Crippen molar-refractivity contribution in [1.29, 1.82) is 0 Å². The summed E-state index contributed by atoms with van der Waals surface area (Å²) in [6, 6.07) is 14.7. The summed E-state index contributed by atoms with van der Waals surface area (Å²) < 4.78 is 0.